The summed E-state index contributed by atoms with van der Waals surface area (Å²) in [5, 5.41) is 3.01. The Kier molecular flexibility index (Phi) is 2.28. The van der Waals surface area contributed by atoms with Gasteiger partial charge in [-0.3, -0.25) is 5.32 Å². The van der Waals surface area contributed by atoms with E-state index in [0.29, 0.717) is 13.2 Å². The van der Waals surface area contributed by atoms with Crippen LogP contribution in [-0.4, -0.2) is 32.1 Å². The van der Waals surface area contributed by atoms with Crippen molar-refractivity contribution < 1.29 is 9.47 Å². The summed E-state index contributed by atoms with van der Waals surface area (Å²) in [6.45, 7) is 5.39. The Hall–Kier alpha value is -0.120. The van der Waals surface area contributed by atoms with Crippen molar-refractivity contribution >= 4 is 0 Å². The van der Waals surface area contributed by atoms with Crippen LogP contribution in [0.1, 0.15) is 13.8 Å². The van der Waals surface area contributed by atoms with Gasteiger partial charge in [0.1, 0.15) is 6.23 Å². The van der Waals surface area contributed by atoms with Crippen molar-refractivity contribution in [3.05, 3.63) is 0 Å². The van der Waals surface area contributed by atoms with Gasteiger partial charge >= 0.3 is 0 Å². The highest BCUT2D eigenvalue weighted by Crippen LogP contribution is 2.16. The van der Waals surface area contributed by atoms with E-state index in [4.69, 9.17) is 9.47 Å². The van der Waals surface area contributed by atoms with Gasteiger partial charge in [0.15, 0.2) is 0 Å². The molecule has 0 aliphatic carbocycles. The van der Waals surface area contributed by atoms with Crippen molar-refractivity contribution in [3.8, 4) is 0 Å². The Balaban J connectivity index is 2.40. The molecule has 0 aromatic heterocycles. The van der Waals surface area contributed by atoms with Gasteiger partial charge in [-0.15, -0.1) is 0 Å². The lowest BCUT2D eigenvalue weighted by Crippen LogP contribution is -2.48. The van der Waals surface area contributed by atoms with Crippen LogP contribution in [0.4, 0.5) is 0 Å². The average molecular weight is 145 g/mol. The summed E-state index contributed by atoms with van der Waals surface area (Å²) in [6, 6.07) is 0. The number of hydrogen-bond acceptors (Lipinski definition) is 3. The van der Waals surface area contributed by atoms with E-state index in [1.165, 1.54) is 0 Å². The fraction of sp³-hybridized carbons (Fsp3) is 1.00. The van der Waals surface area contributed by atoms with Gasteiger partial charge in [0, 0.05) is 0 Å². The summed E-state index contributed by atoms with van der Waals surface area (Å²) in [5.41, 5.74) is -0.133. The van der Waals surface area contributed by atoms with Crippen LogP contribution in [0, 0.1) is 0 Å². The topological polar surface area (TPSA) is 30.5 Å². The van der Waals surface area contributed by atoms with Gasteiger partial charge in [-0.2, -0.15) is 0 Å². The Morgan fingerprint density at radius 2 is 2.20 bits per heavy atom. The second-order valence-corrected chi connectivity index (χ2v) is 3.17. The molecule has 1 aliphatic rings. The van der Waals surface area contributed by atoms with Gasteiger partial charge in [-0.1, -0.05) is 0 Å². The fourth-order valence-corrected chi connectivity index (χ4v) is 1.01. The zero-order chi connectivity index (χ0) is 7.61. The van der Waals surface area contributed by atoms with E-state index >= 15 is 0 Å². The molecule has 0 aromatic rings. The normalized spacial score (nSPS) is 32.1. The quantitative estimate of drug-likeness (QED) is 0.578. The smallest absolute Gasteiger partial charge is 0.132 e. The average Bonchev–Trinajstić information content (AvgIpc) is 1.86. The maximum absolute atomic E-state index is 5.59. The Morgan fingerprint density at radius 3 is 2.60 bits per heavy atom. The molecule has 1 rings (SSSR count). The molecule has 0 amide bonds. The van der Waals surface area contributed by atoms with E-state index in [1.54, 1.807) is 0 Å². The molecule has 1 fully saturated rings. The number of likely N-dealkylation sites (N-methyl/N-ethyl adjacent to an activating group) is 1. The largest absolute Gasteiger partial charge is 0.374 e. The van der Waals surface area contributed by atoms with Crippen LogP contribution in [0.25, 0.3) is 0 Å². The van der Waals surface area contributed by atoms with E-state index < -0.39 is 0 Å². The van der Waals surface area contributed by atoms with Crippen LogP contribution in [0.5, 0.6) is 0 Å². The van der Waals surface area contributed by atoms with E-state index in [9.17, 15) is 0 Å². The first-order chi connectivity index (χ1) is 4.64. The van der Waals surface area contributed by atoms with E-state index in [1.807, 2.05) is 20.9 Å². The minimum Gasteiger partial charge on any atom is -0.374 e. The summed E-state index contributed by atoms with van der Waals surface area (Å²) >= 11 is 0. The number of ether oxygens (including phenoxy) is 2. The number of rotatable bonds is 1. The van der Waals surface area contributed by atoms with E-state index in [2.05, 4.69) is 5.32 Å². The zero-order valence-electron chi connectivity index (χ0n) is 6.81. The van der Waals surface area contributed by atoms with Crippen molar-refractivity contribution in [3.63, 3.8) is 0 Å². The SMILES string of the molecule is CNC1COCC(C)(C)O1. The molecule has 60 valence electrons. The lowest BCUT2D eigenvalue weighted by molar-refractivity contribution is -0.189. The predicted octanol–water partition coefficient (Wildman–Crippen LogP) is 0.357. The van der Waals surface area contributed by atoms with Gasteiger partial charge in [-0.25, -0.2) is 0 Å². The first-order valence-corrected chi connectivity index (χ1v) is 3.57. The zero-order valence-corrected chi connectivity index (χ0v) is 6.81. The molecule has 0 spiro atoms. The maximum Gasteiger partial charge on any atom is 0.132 e. The Bertz CT molecular complexity index is 114. The molecule has 0 aromatic carbocycles. The van der Waals surface area contributed by atoms with Crippen LogP contribution < -0.4 is 5.32 Å². The molecular formula is C7H15NO2. The summed E-state index contributed by atoms with van der Waals surface area (Å²) in [4.78, 5) is 0. The van der Waals surface area contributed by atoms with Crippen LogP contribution >= 0.6 is 0 Å². The van der Waals surface area contributed by atoms with Crippen molar-refractivity contribution in [2.75, 3.05) is 20.3 Å². The fourth-order valence-electron chi connectivity index (χ4n) is 1.01. The molecule has 0 saturated carbocycles. The van der Waals surface area contributed by atoms with Crippen LogP contribution in [0.2, 0.25) is 0 Å². The van der Waals surface area contributed by atoms with Gasteiger partial charge in [0.25, 0.3) is 0 Å². The summed E-state index contributed by atoms with van der Waals surface area (Å²) in [7, 11) is 1.87. The van der Waals surface area contributed by atoms with Crippen molar-refractivity contribution in [1.82, 2.24) is 5.32 Å². The molecular weight excluding hydrogens is 130 g/mol. The third-order valence-electron chi connectivity index (χ3n) is 1.50. The molecule has 1 atom stereocenters. The first kappa shape index (κ1) is 7.98. The standard InChI is InChI=1S/C7H15NO2/c1-7(2)5-9-4-6(8-3)10-7/h6,8H,4-5H2,1-3H3. The first-order valence-electron chi connectivity index (χ1n) is 3.57. The Morgan fingerprint density at radius 1 is 1.50 bits per heavy atom. The van der Waals surface area contributed by atoms with Crippen molar-refractivity contribution in [1.29, 1.82) is 0 Å². The van der Waals surface area contributed by atoms with Gasteiger partial charge in [0.2, 0.25) is 0 Å². The van der Waals surface area contributed by atoms with Crippen LogP contribution in [-0.2, 0) is 9.47 Å². The molecule has 1 aliphatic heterocycles. The molecule has 1 N–H and O–H groups in total. The highest BCUT2D eigenvalue weighted by Gasteiger charge is 2.28. The predicted molar refractivity (Wildman–Crippen MR) is 38.8 cm³/mol. The lowest BCUT2D eigenvalue weighted by Gasteiger charge is -2.35. The summed E-state index contributed by atoms with van der Waals surface area (Å²) in [6.07, 6.45) is 0.0590. The molecule has 3 nitrogen and oxygen atoms in total. The van der Waals surface area contributed by atoms with Crippen LogP contribution in [0.3, 0.4) is 0 Å². The molecule has 1 unspecified atom stereocenters. The van der Waals surface area contributed by atoms with E-state index in [-0.39, 0.29) is 11.8 Å². The lowest BCUT2D eigenvalue weighted by atomic mass is 10.1. The number of hydrogen-bond donors (Lipinski definition) is 1. The highest BCUT2D eigenvalue weighted by atomic mass is 16.6. The van der Waals surface area contributed by atoms with Crippen molar-refractivity contribution in [2.24, 2.45) is 0 Å². The van der Waals surface area contributed by atoms with Gasteiger partial charge in [0.05, 0.1) is 18.8 Å². The molecule has 1 saturated heterocycles. The summed E-state index contributed by atoms with van der Waals surface area (Å²) < 4.78 is 10.9. The second-order valence-electron chi connectivity index (χ2n) is 3.17. The third-order valence-corrected chi connectivity index (χ3v) is 1.50. The van der Waals surface area contributed by atoms with Gasteiger partial charge in [-0.05, 0) is 20.9 Å². The molecule has 0 bridgehead atoms. The maximum atomic E-state index is 5.59. The van der Waals surface area contributed by atoms with Gasteiger partial charge < -0.3 is 9.47 Å². The minimum atomic E-state index is -0.133. The second kappa shape index (κ2) is 2.86. The van der Waals surface area contributed by atoms with Crippen LogP contribution in [0.15, 0.2) is 0 Å². The van der Waals surface area contributed by atoms with E-state index in [0.717, 1.165) is 0 Å². The monoisotopic (exact) mass is 145 g/mol. The Labute approximate surface area is 61.7 Å². The molecule has 10 heavy (non-hydrogen) atoms. The molecule has 3 heteroatoms. The molecule has 0 radical (unpaired) electrons. The highest BCUT2D eigenvalue weighted by molar-refractivity contribution is 4.73. The third kappa shape index (κ3) is 1.94. The van der Waals surface area contributed by atoms with Crippen molar-refractivity contribution in [2.45, 2.75) is 25.7 Å². The molecule has 1 heterocycles. The summed E-state index contributed by atoms with van der Waals surface area (Å²) in [5.74, 6) is 0. The number of nitrogens with one attached hydrogen (secondary N) is 1. The minimum absolute atomic E-state index is 0.0590.